The molecule has 0 aliphatic carbocycles. The second kappa shape index (κ2) is 7.66. The lowest BCUT2D eigenvalue weighted by atomic mass is 9.91. The van der Waals surface area contributed by atoms with Gasteiger partial charge in [0, 0.05) is 30.8 Å². The molecular formula is C21H22F3N3O. The van der Waals surface area contributed by atoms with E-state index in [-0.39, 0.29) is 18.4 Å². The molecule has 1 aromatic carbocycles. The van der Waals surface area contributed by atoms with Crippen LogP contribution in [0.5, 0.6) is 0 Å². The molecule has 7 heteroatoms. The van der Waals surface area contributed by atoms with E-state index in [9.17, 15) is 18.0 Å². The Hall–Kier alpha value is -2.83. The predicted octanol–water partition coefficient (Wildman–Crippen LogP) is 4.71. The maximum Gasteiger partial charge on any atom is 0.416 e. The number of rotatable bonds is 5. The Bertz CT molecular complexity index is 992. The van der Waals surface area contributed by atoms with Crippen molar-refractivity contribution in [2.75, 3.05) is 0 Å². The van der Waals surface area contributed by atoms with Crippen LogP contribution in [0.15, 0.2) is 48.8 Å². The molecule has 0 radical (unpaired) electrons. The fraction of sp³-hybridized carbons (Fsp3) is 0.333. The molecule has 2 aromatic heterocycles. The monoisotopic (exact) mass is 389 g/mol. The van der Waals surface area contributed by atoms with E-state index in [1.165, 1.54) is 6.07 Å². The summed E-state index contributed by atoms with van der Waals surface area (Å²) >= 11 is 0. The van der Waals surface area contributed by atoms with Crippen LogP contribution in [0.1, 0.15) is 48.6 Å². The van der Waals surface area contributed by atoms with E-state index in [0.29, 0.717) is 11.3 Å². The molecule has 0 aliphatic rings. The number of pyridine rings is 1. The summed E-state index contributed by atoms with van der Waals surface area (Å²) in [6.45, 7) is 5.60. The second-order valence-electron chi connectivity index (χ2n) is 7.17. The van der Waals surface area contributed by atoms with Gasteiger partial charge < -0.3 is 9.72 Å². The van der Waals surface area contributed by atoms with Crippen molar-refractivity contribution >= 4 is 11.6 Å². The fourth-order valence-corrected chi connectivity index (χ4v) is 3.32. The number of halogens is 3. The lowest BCUT2D eigenvalue weighted by molar-refractivity contribution is -0.137. The average molecular weight is 389 g/mol. The summed E-state index contributed by atoms with van der Waals surface area (Å²) in [5, 5.41) is 2.82. The van der Waals surface area contributed by atoms with Gasteiger partial charge in [-0.15, -0.1) is 0 Å². The van der Waals surface area contributed by atoms with Gasteiger partial charge in [-0.2, -0.15) is 13.2 Å². The molecule has 0 saturated heterocycles. The number of imidazole rings is 1. The van der Waals surface area contributed by atoms with E-state index < -0.39 is 17.7 Å². The Balaban J connectivity index is 2.10. The van der Waals surface area contributed by atoms with Gasteiger partial charge in [0.2, 0.25) is 5.91 Å². The number of aromatic nitrogens is 2. The van der Waals surface area contributed by atoms with E-state index in [2.05, 4.69) is 10.3 Å². The van der Waals surface area contributed by atoms with Crippen molar-refractivity contribution < 1.29 is 18.0 Å². The SMILES string of the molecule is Cc1cccn2c(C(CC(=O)NC(C)C)c3cccc(C(F)(F)F)c3)cnc12. The van der Waals surface area contributed by atoms with Gasteiger partial charge in [0.25, 0.3) is 0 Å². The molecule has 0 aliphatic heterocycles. The van der Waals surface area contributed by atoms with E-state index in [4.69, 9.17) is 0 Å². The third kappa shape index (κ3) is 4.18. The van der Waals surface area contributed by atoms with Crippen molar-refractivity contribution in [2.24, 2.45) is 0 Å². The zero-order chi connectivity index (χ0) is 20.5. The molecule has 3 rings (SSSR count). The van der Waals surface area contributed by atoms with Gasteiger partial charge in [-0.05, 0) is 44.0 Å². The average Bonchev–Trinajstić information content (AvgIpc) is 3.04. The van der Waals surface area contributed by atoms with E-state index in [1.54, 1.807) is 12.3 Å². The zero-order valence-corrected chi connectivity index (χ0v) is 15.9. The van der Waals surface area contributed by atoms with Crippen LogP contribution >= 0.6 is 0 Å². The van der Waals surface area contributed by atoms with Crippen LogP contribution in [0.3, 0.4) is 0 Å². The lowest BCUT2D eigenvalue weighted by Crippen LogP contribution is -2.31. The number of carbonyl (C=O) groups excluding carboxylic acids is 1. The fourth-order valence-electron chi connectivity index (χ4n) is 3.32. The quantitative estimate of drug-likeness (QED) is 0.687. The van der Waals surface area contributed by atoms with Crippen molar-refractivity contribution in [1.29, 1.82) is 0 Å². The molecule has 4 nitrogen and oxygen atoms in total. The maximum atomic E-state index is 13.2. The summed E-state index contributed by atoms with van der Waals surface area (Å²) in [5.41, 5.74) is 2.04. The smallest absolute Gasteiger partial charge is 0.354 e. The Morgan fingerprint density at radius 1 is 1.21 bits per heavy atom. The van der Waals surface area contributed by atoms with Gasteiger partial charge >= 0.3 is 6.18 Å². The first-order valence-electron chi connectivity index (χ1n) is 9.06. The molecule has 0 fully saturated rings. The minimum Gasteiger partial charge on any atom is -0.354 e. The molecular weight excluding hydrogens is 367 g/mol. The number of hydrogen-bond donors (Lipinski definition) is 1. The van der Waals surface area contributed by atoms with Crippen LogP contribution in [0, 0.1) is 6.92 Å². The molecule has 0 saturated carbocycles. The highest BCUT2D eigenvalue weighted by atomic mass is 19.4. The minimum atomic E-state index is -4.45. The Labute approximate surface area is 161 Å². The maximum absolute atomic E-state index is 13.2. The number of nitrogens with zero attached hydrogens (tertiary/aromatic N) is 2. The molecule has 3 aromatic rings. The van der Waals surface area contributed by atoms with Crippen molar-refractivity contribution in [1.82, 2.24) is 14.7 Å². The molecule has 0 bridgehead atoms. The minimum absolute atomic E-state index is 0.0290. The van der Waals surface area contributed by atoms with Crippen LogP contribution in [-0.4, -0.2) is 21.3 Å². The molecule has 1 amide bonds. The van der Waals surface area contributed by atoms with Gasteiger partial charge in [-0.1, -0.05) is 24.3 Å². The van der Waals surface area contributed by atoms with Gasteiger partial charge in [0.05, 0.1) is 11.3 Å². The summed E-state index contributed by atoms with van der Waals surface area (Å²) in [5.74, 6) is -0.780. The molecule has 1 N–H and O–H groups in total. The summed E-state index contributed by atoms with van der Waals surface area (Å²) in [7, 11) is 0. The highest BCUT2D eigenvalue weighted by molar-refractivity contribution is 5.77. The summed E-state index contributed by atoms with van der Waals surface area (Å²) < 4.78 is 41.5. The van der Waals surface area contributed by atoms with Crippen LogP contribution in [0.2, 0.25) is 0 Å². The van der Waals surface area contributed by atoms with E-state index >= 15 is 0 Å². The van der Waals surface area contributed by atoms with Crippen LogP contribution in [-0.2, 0) is 11.0 Å². The number of aryl methyl sites for hydroxylation is 1. The Kier molecular flexibility index (Phi) is 5.45. The molecule has 28 heavy (non-hydrogen) atoms. The van der Waals surface area contributed by atoms with Crippen LogP contribution in [0.25, 0.3) is 5.65 Å². The van der Waals surface area contributed by atoms with Crippen molar-refractivity contribution in [3.05, 3.63) is 71.2 Å². The highest BCUT2D eigenvalue weighted by Gasteiger charge is 2.32. The number of benzene rings is 1. The molecule has 148 valence electrons. The third-order valence-corrected chi connectivity index (χ3v) is 4.57. The van der Waals surface area contributed by atoms with Crippen LogP contribution < -0.4 is 5.32 Å². The molecule has 2 heterocycles. The molecule has 0 spiro atoms. The number of hydrogen-bond acceptors (Lipinski definition) is 2. The third-order valence-electron chi connectivity index (χ3n) is 4.57. The normalized spacial score (nSPS) is 13.1. The van der Waals surface area contributed by atoms with E-state index in [0.717, 1.165) is 23.3 Å². The van der Waals surface area contributed by atoms with Gasteiger partial charge in [0.1, 0.15) is 5.65 Å². The van der Waals surface area contributed by atoms with Crippen LogP contribution in [0.4, 0.5) is 13.2 Å². The topological polar surface area (TPSA) is 46.4 Å². The van der Waals surface area contributed by atoms with Crippen molar-refractivity contribution in [3.8, 4) is 0 Å². The highest BCUT2D eigenvalue weighted by Crippen LogP contribution is 2.34. The number of carbonyl (C=O) groups is 1. The first-order chi connectivity index (χ1) is 13.2. The zero-order valence-electron chi connectivity index (χ0n) is 15.9. The van der Waals surface area contributed by atoms with Gasteiger partial charge in [0.15, 0.2) is 0 Å². The molecule has 1 unspecified atom stereocenters. The Morgan fingerprint density at radius 2 is 1.96 bits per heavy atom. The van der Waals surface area contributed by atoms with Crippen molar-refractivity contribution in [2.45, 2.75) is 45.3 Å². The van der Waals surface area contributed by atoms with Gasteiger partial charge in [-0.3, -0.25) is 4.79 Å². The van der Waals surface area contributed by atoms with E-state index in [1.807, 2.05) is 43.5 Å². The summed E-state index contributed by atoms with van der Waals surface area (Å²) in [6, 6.07) is 8.86. The number of alkyl halides is 3. The lowest BCUT2D eigenvalue weighted by Gasteiger charge is -2.19. The summed E-state index contributed by atoms with van der Waals surface area (Å²) in [4.78, 5) is 16.9. The molecule has 1 atom stereocenters. The number of amides is 1. The first kappa shape index (κ1) is 19.9. The standard InChI is InChI=1S/C21H22F3N3O/c1-13(2)26-19(28)11-17(15-7-4-8-16(10-15)21(22,23)24)18-12-25-20-14(3)6-5-9-27(18)20/h4-10,12-13,17H,11H2,1-3H3,(H,26,28). The predicted molar refractivity (Wildman–Crippen MR) is 101 cm³/mol. The van der Waals surface area contributed by atoms with Gasteiger partial charge in [-0.25, -0.2) is 4.98 Å². The summed E-state index contributed by atoms with van der Waals surface area (Å²) in [6.07, 6.45) is -0.973. The Morgan fingerprint density at radius 3 is 2.64 bits per heavy atom. The number of nitrogens with one attached hydrogen (secondary N) is 1. The largest absolute Gasteiger partial charge is 0.416 e. The van der Waals surface area contributed by atoms with Crippen molar-refractivity contribution in [3.63, 3.8) is 0 Å². The number of fused-ring (bicyclic) bond motifs is 1. The first-order valence-corrected chi connectivity index (χ1v) is 9.06. The second-order valence-corrected chi connectivity index (χ2v) is 7.17.